The normalized spacial score (nSPS) is 38.1. The van der Waals surface area contributed by atoms with E-state index in [0.717, 1.165) is 18.4 Å². The zero-order valence-corrected chi connectivity index (χ0v) is 9.30. The molecule has 0 radical (unpaired) electrons. The molecule has 0 aromatic heterocycles. The summed E-state index contributed by atoms with van der Waals surface area (Å²) in [4.78, 5) is 0. The summed E-state index contributed by atoms with van der Waals surface area (Å²) in [5.41, 5.74) is 1.41. The van der Waals surface area contributed by atoms with Crippen LogP contribution in [0.15, 0.2) is 12.2 Å². The van der Waals surface area contributed by atoms with Crippen molar-refractivity contribution in [2.75, 3.05) is 6.61 Å². The summed E-state index contributed by atoms with van der Waals surface area (Å²) in [7, 11) is 0. The molecule has 14 heavy (non-hydrogen) atoms. The molecule has 3 atom stereocenters. The highest BCUT2D eigenvalue weighted by Crippen LogP contribution is 2.43. The molecule has 2 rings (SSSR count). The first-order chi connectivity index (χ1) is 6.83. The van der Waals surface area contributed by atoms with Crippen LogP contribution < -0.4 is 0 Å². The number of ether oxygens (including phenoxy) is 1. The van der Waals surface area contributed by atoms with E-state index in [1.165, 1.54) is 44.1 Å². The van der Waals surface area contributed by atoms with Crippen LogP contribution in [0.25, 0.3) is 0 Å². The van der Waals surface area contributed by atoms with Gasteiger partial charge in [0.25, 0.3) is 0 Å². The molecule has 0 saturated heterocycles. The quantitative estimate of drug-likeness (QED) is 0.611. The van der Waals surface area contributed by atoms with Gasteiger partial charge >= 0.3 is 0 Å². The van der Waals surface area contributed by atoms with Crippen molar-refractivity contribution in [3.8, 4) is 0 Å². The molecule has 0 heterocycles. The maximum Gasteiger partial charge on any atom is 0.0785 e. The maximum absolute atomic E-state index is 5.74. The summed E-state index contributed by atoms with van der Waals surface area (Å²) in [5.74, 6) is 1.72. The second-order valence-electron chi connectivity index (χ2n) is 4.75. The predicted molar refractivity (Wildman–Crippen MR) is 59.2 cm³/mol. The van der Waals surface area contributed by atoms with Gasteiger partial charge in [-0.2, -0.15) is 0 Å². The molecule has 0 spiro atoms. The van der Waals surface area contributed by atoms with Crippen LogP contribution in [0, 0.1) is 11.8 Å². The maximum atomic E-state index is 5.74. The molecule has 0 bridgehead atoms. The first kappa shape index (κ1) is 10.2. The minimum Gasteiger partial charge on any atom is -0.374 e. The van der Waals surface area contributed by atoms with Crippen LogP contribution in [0.4, 0.5) is 0 Å². The van der Waals surface area contributed by atoms with Gasteiger partial charge in [0.05, 0.1) is 6.10 Å². The molecule has 2 aliphatic rings. The first-order valence-electron chi connectivity index (χ1n) is 6.13. The highest BCUT2D eigenvalue weighted by Gasteiger charge is 2.35. The van der Waals surface area contributed by atoms with Crippen LogP contribution in [0.3, 0.4) is 0 Å². The fraction of sp³-hybridized carbons (Fsp3) is 0.846. The molecule has 0 aromatic rings. The van der Waals surface area contributed by atoms with Gasteiger partial charge in [-0.25, -0.2) is 0 Å². The van der Waals surface area contributed by atoms with Gasteiger partial charge in [-0.1, -0.05) is 19.4 Å². The summed E-state index contributed by atoms with van der Waals surface area (Å²) in [6, 6.07) is 0. The van der Waals surface area contributed by atoms with E-state index in [0.29, 0.717) is 6.10 Å². The van der Waals surface area contributed by atoms with Gasteiger partial charge in [-0.15, -0.1) is 0 Å². The van der Waals surface area contributed by atoms with E-state index in [9.17, 15) is 0 Å². The lowest BCUT2D eigenvalue weighted by Crippen LogP contribution is -2.34. The molecule has 3 unspecified atom stereocenters. The second-order valence-corrected chi connectivity index (χ2v) is 4.75. The van der Waals surface area contributed by atoms with Crippen LogP contribution >= 0.6 is 0 Å². The first-order valence-corrected chi connectivity index (χ1v) is 6.13. The summed E-state index contributed by atoms with van der Waals surface area (Å²) >= 11 is 0. The molecule has 1 nitrogen and oxygen atoms in total. The number of rotatable bonds is 2. The Hall–Kier alpha value is -0.300. The molecule has 80 valence electrons. The van der Waals surface area contributed by atoms with Crippen molar-refractivity contribution in [3.63, 3.8) is 0 Å². The van der Waals surface area contributed by atoms with E-state index < -0.39 is 0 Å². The van der Waals surface area contributed by atoms with Gasteiger partial charge in [0.1, 0.15) is 0 Å². The van der Waals surface area contributed by atoms with E-state index >= 15 is 0 Å². The lowest BCUT2D eigenvalue weighted by molar-refractivity contribution is 0.0387. The lowest BCUT2D eigenvalue weighted by atomic mass is 9.68. The van der Waals surface area contributed by atoms with E-state index in [4.69, 9.17) is 4.74 Å². The Morgan fingerprint density at radius 3 is 2.79 bits per heavy atom. The van der Waals surface area contributed by atoms with E-state index in [2.05, 4.69) is 13.5 Å². The Kier molecular flexibility index (Phi) is 3.27. The molecule has 0 aromatic carbocycles. The molecule has 0 amide bonds. The highest BCUT2D eigenvalue weighted by atomic mass is 16.5. The third-order valence-corrected chi connectivity index (χ3v) is 3.97. The monoisotopic (exact) mass is 194 g/mol. The van der Waals surface area contributed by atoms with Crippen molar-refractivity contribution in [1.29, 1.82) is 0 Å². The fourth-order valence-corrected chi connectivity index (χ4v) is 3.22. The SMILES string of the molecule is C=C1C(OCC)CCC2CCCCC12. The van der Waals surface area contributed by atoms with Gasteiger partial charge in [0, 0.05) is 6.61 Å². The third kappa shape index (κ3) is 1.88. The largest absolute Gasteiger partial charge is 0.374 e. The molecular formula is C13H22O. The van der Waals surface area contributed by atoms with Crippen molar-refractivity contribution in [2.24, 2.45) is 11.8 Å². The molecule has 0 N–H and O–H groups in total. The van der Waals surface area contributed by atoms with Gasteiger partial charge in [0.15, 0.2) is 0 Å². The van der Waals surface area contributed by atoms with Crippen LogP contribution in [0.1, 0.15) is 45.4 Å². The minimum atomic E-state index is 0.374. The van der Waals surface area contributed by atoms with E-state index in [1.807, 2.05) is 0 Å². The Labute approximate surface area is 87.5 Å². The summed E-state index contributed by atoms with van der Waals surface area (Å²) in [6.45, 7) is 7.19. The van der Waals surface area contributed by atoms with Crippen molar-refractivity contribution in [3.05, 3.63) is 12.2 Å². The Morgan fingerprint density at radius 1 is 1.21 bits per heavy atom. The zero-order chi connectivity index (χ0) is 9.97. The minimum absolute atomic E-state index is 0.374. The van der Waals surface area contributed by atoms with Gasteiger partial charge in [-0.3, -0.25) is 0 Å². The number of hydrogen-bond donors (Lipinski definition) is 0. The summed E-state index contributed by atoms with van der Waals surface area (Å²) in [5, 5.41) is 0. The smallest absolute Gasteiger partial charge is 0.0785 e. The van der Waals surface area contributed by atoms with Crippen LogP contribution in [-0.2, 0) is 4.74 Å². The van der Waals surface area contributed by atoms with Crippen molar-refractivity contribution >= 4 is 0 Å². The third-order valence-electron chi connectivity index (χ3n) is 3.97. The van der Waals surface area contributed by atoms with Crippen LogP contribution in [0.5, 0.6) is 0 Å². The fourth-order valence-electron chi connectivity index (χ4n) is 3.22. The molecule has 1 heteroatoms. The second kappa shape index (κ2) is 4.48. The Balaban J connectivity index is 1.99. The molecule has 2 fully saturated rings. The van der Waals surface area contributed by atoms with Crippen molar-refractivity contribution in [1.82, 2.24) is 0 Å². The standard InChI is InChI=1S/C13H22O/c1-3-14-13-9-8-11-6-4-5-7-12(11)10(13)2/h11-13H,2-9H2,1H3. The van der Waals surface area contributed by atoms with Gasteiger partial charge in [-0.05, 0) is 50.0 Å². The molecular weight excluding hydrogens is 172 g/mol. The number of fused-ring (bicyclic) bond motifs is 1. The predicted octanol–water partition coefficient (Wildman–Crippen LogP) is 3.55. The van der Waals surface area contributed by atoms with Crippen molar-refractivity contribution in [2.45, 2.75) is 51.6 Å². The molecule has 0 aliphatic heterocycles. The average molecular weight is 194 g/mol. The van der Waals surface area contributed by atoms with Crippen LogP contribution in [0.2, 0.25) is 0 Å². The molecule has 2 saturated carbocycles. The van der Waals surface area contributed by atoms with Crippen molar-refractivity contribution < 1.29 is 4.74 Å². The lowest BCUT2D eigenvalue weighted by Gasteiger charge is -2.41. The highest BCUT2D eigenvalue weighted by molar-refractivity contribution is 5.13. The summed E-state index contributed by atoms with van der Waals surface area (Å²) in [6.07, 6.45) is 8.60. The van der Waals surface area contributed by atoms with E-state index in [1.54, 1.807) is 0 Å². The zero-order valence-electron chi connectivity index (χ0n) is 9.30. The van der Waals surface area contributed by atoms with Gasteiger partial charge in [0.2, 0.25) is 0 Å². The van der Waals surface area contributed by atoms with E-state index in [-0.39, 0.29) is 0 Å². The van der Waals surface area contributed by atoms with Crippen LogP contribution in [-0.4, -0.2) is 12.7 Å². The Morgan fingerprint density at radius 2 is 2.00 bits per heavy atom. The average Bonchev–Trinajstić information content (AvgIpc) is 2.23. The van der Waals surface area contributed by atoms with Gasteiger partial charge < -0.3 is 4.74 Å². The summed E-state index contributed by atoms with van der Waals surface area (Å²) < 4.78 is 5.74. The topological polar surface area (TPSA) is 9.23 Å². The molecule has 2 aliphatic carbocycles. The Bertz CT molecular complexity index is 209. The number of hydrogen-bond acceptors (Lipinski definition) is 1.